The average Bonchev–Trinajstić information content (AvgIpc) is 3.25. The van der Waals surface area contributed by atoms with E-state index in [0.717, 1.165) is 63.6 Å². The molecule has 0 aromatic carbocycles. The fourth-order valence-electron chi connectivity index (χ4n) is 4.27. The SMILES string of the molecule is Cc1ccc(CN2CCC3(CC2)C[C@H](N(C)Cc2cccnc2)CO3)o1. The zero-order valence-electron chi connectivity index (χ0n) is 15.9. The molecular weight excluding hydrogens is 326 g/mol. The minimum absolute atomic E-state index is 0.0729. The van der Waals surface area contributed by atoms with Gasteiger partial charge in [-0.1, -0.05) is 6.07 Å². The van der Waals surface area contributed by atoms with Gasteiger partial charge in [0, 0.05) is 38.1 Å². The third-order valence-electron chi connectivity index (χ3n) is 5.91. The number of rotatable bonds is 5. The molecule has 5 nitrogen and oxygen atoms in total. The quantitative estimate of drug-likeness (QED) is 0.824. The minimum atomic E-state index is 0.0729. The second-order valence-corrected chi connectivity index (χ2v) is 7.92. The Balaban J connectivity index is 1.28. The molecular formula is C21H29N3O2. The number of aryl methyl sites for hydroxylation is 1. The van der Waals surface area contributed by atoms with Crippen LogP contribution < -0.4 is 0 Å². The lowest BCUT2D eigenvalue weighted by Crippen LogP contribution is -2.44. The zero-order chi connectivity index (χ0) is 18.0. The Hall–Kier alpha value is -1.69. The van der Waals surface area contributed by atoms with Crippen LogP contribution in [0.2, 0.25) is 0 Å². The van der Waals surface area contributed by atoms with Crippen LogP contribution in [0.3, 0.4) is 0 Å². The lowest BCUT2D eigenvalue weighted by atomic mass is 9.87. The van der Waals surface area contributed by atoms with E-state index in [-0.39, 0.29) is 5.60 Å². The van der Waals surface area contributed by atoms with Crippen LogP contribution >= 0.6 is 0 Å². The Morgan fingerprint density at radius 2 is 2.12 bits per heavy atom. The lowest BCUT2D eigenvalue weighted by molar-refractivity contribution is -0.0461. The van der Waals surface area contributed by atoms with E-state index in [1.165, 1.54) is 5.56 Å². The number of likely N-dealkylation sites (tertiary alicyclic amines) is 1. The lowest BCUT2D eigenvalue weighted by Gasteiger charge is -2.38. The molecule has 1 spiro atoms. The topological polar surface area (TPSA) is 41.7 Å². The van der Waals surface area contributed by atoms with Crippen molar-refractivity contribution in [2.45, 2.75) is 50.9 Å². The van der Waals surface area contributed by atoms with Crippen LogP contribution in [0.5, 0.6) is 0 Å². The van der Waals surface area contributed by atoms with Crippen LogP contribution in [0.4, 0.5) is 0 Å². The Kier molecular flexibility index (Phi) is 5.11. The molecule has 2 aromatic rings. The smallest absolute Gasteiger partial charge is 0.118 e. The maximum Gasteiger partial charge on any atom is 0.118 e. The average molecular weight is 355 g/mol. The first-order valence-corrected chi connectivity index (χ1v) is 9.63. The second kappa shape index (κ2) is 7.51. The highest BCUT2D eigenvalue weighted by Crippen LogP contribution is 2.38. The summed E-state index contributed by atoms with van der Waals surface area (Å²) in [6.07, 6.45) is 7.15. The van der Waals surface area contributed by atoms with Crippen LogP contribution in [0.25, 0.3) is 0 Å². The summed E-state index contributed by atoms with van der Waals surface area (Å²) in [6, 6.07) is 8.78. The minimum Gasteiger partial charge on any atom is -0.465 e. The van der Waals surface area contributed by atoms with Gasteiger partial charge < -0.3 is 9.15 Å². The number of furan rings is 1. The number of aromatic nitrogens is 1. The molecule has 0 radical (unpaired) electrons. The van der Waals surface area contributed by atoms with Crippen LogP contribution in [-0.2, 0) is 17.8 Å². The fourth-order valence-corrected chi connectivity index (χ4v) is 4.27. The highest BCUT2D eigenvalue weighted by atomic mass is 16.5. The molecule has 2 aliphatic heterocycles. The van der Waals surface area contributed by atoms with Gasteiger partial charge in [0.2, 0.25) is 0 Å². The van der Waals surface area contributed by atoms with Crippen molar-refractivity contribution >= 4 is 0 Å². The normalized spacial score (nSPS) is 23.1. The summed E-state index contributed by atoms with van der Waals surface area (Å²) in [5.41, 5.74) is 1.34. The zero-order valence-corrected chi connectivity index (χ0v) is 15.9. The monoisotopic (exact) mass is 355 g/mol. The summed E-state index contributed by atoms with van der Waals surface area (Å²) in [6.45, 7) is 6.85. The van der Waals surface area contributed by atoms with E-state index >= 15 is 0 Å². The van der Waals surface area contributed by atoms with Crippen molar-refractivity contribution in [3.63, 3.8) is 0 Å². The van der Waals surface area contributed by atoms with Gasteiger partial charge in [0.25, 0.3) is 0 Å². The first-order chi connectivity index (χ1) is 12.6. The molecule has 1 atom stereocenters. The summed E-state index contributed by atoms with van der Waals surface area (Å²) in [7, 11) is 2.20. The number of pyridine rings is 1. The molecule has 0 bridgehead atoms. The largest absolute Gasteiger partial charge is 0.465 e. The number of hydrogen-bond donors (Lipinski definition) is 0. The molecule has 2 saturated heterocycles. The maximum atomic E-state index is 6.35. The summed E-state index contributed by atoms with van der Waals surface area (Å²) in [5.74, 6) is 2.06. The fraction of sp³-hybridized carbons (Fsp3) is 0.571. The molecule has 0 amide bonds. The summed E-state index contributed by atoms with van der Waals surface area (Å²) < 4.78 is 12.1. The van der Waals surface area contributed by atoms with Crippen molar-refractivity contribution in [1.82, 2.24) is 14.8 Å². The van der Waals surface area contributed by atoms with Gasteiger partial charge in [-0.3, -0.25) is 14.8 Å². The van der Waals surface area contributed by atoms with Crippen LogP contribution in [-0.4, -0.2) is 53.2 Å². The number of likely N-dealkylation sites (N-methyl/N-ethyl adjacent to an activating group) is 1. The van der Waals surface area contributed by atoms with Crippen molar-refractivity contribution in [1.29, 1.82) is 0 Å². The van der Waals surface area contributed by atoms with Gasteiger partial charge in [0.05, 0.1) is 18.8 Å². The van der Waals surface area contributed by atoms with Gasteiger partial charge in [-0.25, -0.2) is 0 Å². The first-order valence-electron chi connectivity index (χ1n) is 9.63. The second-order valence-electron chi connectivity index (χ2n) is 7.92. The van der Waals surface area contributed by atoms with E-state index in [1.54, 1.807) is 0 Å². The van der Waals surface area contributed by atoms with E-state index in [2.05, 4.69) is 34.0 Å². The molecule has 0 aliphatic carbocycles. The molecule has 0 saturated carbocycles. The molecule has 0 N–H and O–H groups in total. The molecule has 2 aromatic heterocycles. The Labute approximate surface area is 156 Å². The van der Waals surface area contributed by atoms with Crippen molar-refractivity contribution in [3.05, 3.63) is 53.7 Å². The van der Waals surface area contributed by atoms with Gasteiger partial charge in [-0.2, -0.15) is 0 Å². The van der Waals surface area contributed by atoms with E-state index < -0.39 is 0 Å². The van der Waals surface area contributed by atoms with E-state index in [4.69, 9.17) is 9.15 Å². The van der Waals surface area contributed by atoms with E-state index in [0.29, 0.717) is 6.04 Å². The predicted molar refractivity (Wildman–Crippen MR) is 101 cm³/mol. The van der Waals surface area contributed by atoms with Crippen LogP contribution in [0.1, 0.15) is 36.3 Å². The molecule has 140 valence electrons. The van der Waals surface area contributed by atoms with Crippen molar-refractivity contribution < 1.29 is 9.15 Å². The van der Waals surface area contributed by atoms with Crippen LogP contribution in [0.15, 0.2) is 41.1 Å². The van der Waals surface area contributed by atoms with Crippen LogP contribution in [0, 0.1) is 6.92 Å². The van der Waals surface area contributed by atoms with E-state index in [1.807, 2.05) is 31.5 Å². The summed E-state index contributed by atoms with van der Waals surface area (Å²) in [4.78, 5) is 9.13. The third kappa shape index (κ3) is 4.00. The van der Waals surface area contributed by atoms with Gasteiger partial charge >= 0.3 is 0 Å². The van der Waals surface area contributed by atoms with E-state index in [9.17, 15) is 0 Å². The summed E-state index contributed by atoms with van der Waals surface area (Å²) >= 11 is 0. The number of hydrogen-bond acceptors (Lipinski definition) is 5. The highest BCUT2D eigenvalue weighted by Gasteiger charge is 2.43. The van der Waals surface area contributed by atoms with Gasteiger partial charge in [0.15, 0.2) is 0 Å². The number of piperidine rings is 1. The highest BCUT2D eigenvalue weighted by molar-refractivity contribution is 5.09. The van der Waals surface area contributed by atoms with Crippen molar-refractivity contribution in [2.24, 2.45) is 0 Å². The Morgan fingerprint density at radius 3 is 2.81 bits per heavy atom. The maximum absolute atomic E-state index is 6.35. The molecule has 4 rings (SSSR count). The van der Waals surface area contributed by atoms with Gasteiger partial charge in [-0.05, 0) is 57.0 Å². The molecule has 0 unspecified atom stereocenters. The van der Waals surface area contributed by atoms with Crippen molar-refractivity contribution in [2.75, 3.05) is 26.7 Å². The van der Waals surface area contributed by atoms with Gasteiger partial charge in [0.1, 0.15) is 11.5 Å². The third-order valence-corrected chi connectivity index (χ3v) is 5.91. The molecule has 2 fully saturated rings. The Bertz CT molecular complexity index is 707. The van der Waals surface area contributed by atoms with Gasteiger partial charge in [-0.15, -0.1) is 0 Å². The number of nitrogens with zero attached hydrogens (tertiary/aromatic N) is 3. The molecule has 4 heterocycles. The molecule has 26 heavy (non-hydrogen) atoms. The van der Waals surface area contributed by atoms with Crippen molar-refractivity contribution in [3.8, 4) is 0 Å². The summed E-state index contributed by atoms with van der Waals surface area (Å²) in [5, 5.41) is 0. The molecule has 5 heteroatoms. The number of ether oxygens (including phenoxy) is 1. The first kappa shape index (κ1) is 17.7. The molecule has 2 aliphatic rings. The Morgan fingerprint density at radius 1 is 1.27 bits per heavy atom. The predicted octanol–water partition coefficient (Wildman–Crippen LogP) is 3.24. The standard InChI is InChI=1S/C21H29N3O2/c1-17-5-6-20(26-17)15-24-10-7-21(8-11-24)12-19(16-25-21)23(2)14-18-4-3-9-22-13-18/h3-6,9,13,19H,7-8,10-12,14-16H2,1-2H3/t19-/m0/s1.